The fourth-order valence-electron chi connectivity index (χ4n) is 0.667. The Morgan fingerprint density at radius 3 is 3.00 bits per heavy atom. The molecular formula is C7H9NO3S. The summed E-state index contributed by atoms with van der Waals surface area (Å²) in [6.07, 6.45) is 1.85. The molecule has 1 unspecified atom stereocenters. The van der Waals surface area contributed by atoms with E-state index >= 15 is 0 Å². The molecule has 1 amide bonds. The van der Waals surface area contributed by atoms with Crippen molar-refractivity contribution in [2.45, 2.75) is 11.8 Å². The number of ether oxygens (including phenoxy) is 1. The molecule has 0 saturated carbocycles. The van der Waals surface area contributed by atoms with E-state index in [1.807, 2.05) is 0 Å². The number of rotatable bonds is 3. The molecule has 1 rings (SSSR count). The van der Waals surface area contributed by atoms with E-state index in [0.29, 0.717) is 6.42 Å². The third kappa shape index (κ3) is 2.58. The summed E-state index contributed by atoms with van der Waals surface area (Å²) in [6, 6.07) is 0. The molecule has 1 fully saturated rings. The highest BCUT2D eigenvalue weighted by atomic mass is 32.2. The summed E-state index contributed by atoms with van der Waals surface area (Å²) < 4.78 is 4.38. The topological polar surface area (TPSA) is 55.4 Å². The normalized spacial score (nSPS) is 21.8. The van der Waals surface area contributed by atoms with E-state index in [-0.39, 0.29) is 17.3 Å². The minimum absolute atomic E-state index is 0.0546. The highest BCUT2D eigenvalue weighted by Crippen LogP contribution is 2.19. The van der Waals surface area contributed by atoms with Crippen LogP contribution in [0.3, 0.4) is 0 Å². The van der Waals surface area contributed by atoms with E-state index in [1.54, 1.807) is 5.41 Å². The largest absolute Gasteiger partial charge is 0.466 e. The SMILES string of the molecule is COC(=O)/C=C\SC1CC(=O)N1. The summed E-state index contributed by atoms with van der Waals surface area (Å²) in [6.45, 7) is 0. The Bertz CT molecular complexity index is 219. The van der Waals surface area contributed by atoms with Crippen LogP contribution in [0.2, 0.25) is 0 Å². The third-order valence-electron chi connectivity index (χ3n) is 1.34. The van der Waals surface area contributed by atoms with Crippen molar-refractivity contribution in [2.75, 3.05) is 7.11 Å². The molecule has 4 nitrogen and oxygen atoms in total. The van der Waals surface area contributed by atoms with Crippen LogP contribution >= 0.6 is 11.8 Å². The fourth-order valence-corrected chi connectivity index (χ4v) is 1.49. The monoisotopic (exact) mass is 187 g/mol. The summed E-state index contributed by atoms with van der Waals surface area (Å²) in [5, 5.41) is 4.40. The molecule has 1 N–H and O–H groups in total. The fraction of sp³-hybridized carbons (Fsp3) is 0.429. The van der Waals surface area contributed by atoms with Crippen molar-refractivity contribution in [1.29, 1.82) is 0 Å². The predicted octanol–water partition coefficient (Wildman–Crippen LogP) is 0.252. The first kappa shape index (κ1) is 9.12. The molecule has 1 saturated heterocycles. The first-order chi connectivity index (χ1) is 5.72. The number of amides is 1. The van der Waals surface area contributed by atoms with E-state index in [2.05, 4.69) is 10.1 Å². The highest BCUT2D eigenvalue weighted by molar-refractivity contribution is 8.02. The van der Waals surface area contributed by atoms with Gasteiger partial charge in [0.1, 0.15) is 0 Å². The van der Waals surface area contributed by atoms with Crippen molar-refractivity contribution in [2.24, 2.45) is 0 Å². The molecule has 5 heteroatoms. The van der Waals surface area contributed by atoms with Crippen LogP contribution in [0.1, 0.15) is 6.42 Å². The van der Waals surface area contributed by atoms with E-state index in [4.69, 9.17) is 0 Å². The zero-order valence-corrected chi connectivity index (χ0v) is 7.39. The molecule has 1 aliphatic rings. The Balaban J connectivity index is 2.13. The van der Waals surface area contributed by atoms with Gasteiger partial charge in [-0.05, 0) is 5.41 Å². The van der Waals surface area contributed by atoms with Gasteiger partial charge in [0.15, 0.2) is 0 Å². The molecule has 1 aliphatic heterocycles. The maximum atomic E-state index is 10.6. The summed E-state index contributed by atoms with van der Waals surface area (Å²) in [5.41, 5.74) is 0. The van der Waals surface area contributed by atoms with Gasteiger partial charge in [-0.25, -0.2) is 4.79 Å². The minimum atomic E-state index is -0.381. The van der Waals surface area contributed by atoms with E-state index < -0.39 is 0 Å². The molecule has 0 spiro atoms. The predicted molar refractivity (Wildman–Crippen MR) is 45.3 cm³/mol. The van der Waals surface area contributed by atoms with Gasteiger partial charge in [-0.3, -0.25) is 4.79 Å². The average Bonchev–Trinajstić information content (AvgIpc) is 2.01. The lowest BCUT2D eigenvalue weighted by atomic mass is 10.3. The van der Waals surface area contributed by atoms with Crippen molar-refractivity contribution in [3.05, 3.63) is 11.5 Å². The van der Waals surface area contributed by atoms with Gasteiger partial charge in [-0.15, -0.1) is 11.8 Å². The first-order valence-electron chi connectivity index (χ1n) is 3.41. The van der Waals surface area contributed by atoms with E-state index in [1.165, 1.54) is 24.9 Å². The summed E-state index contributed by atoms with van der Waals surface area (Å²) in [5.74, 6) is -0.327. The number of thioether (sulfide) groups is 1. The Labute approximate surface area is 74.3 Å². The molecule has 66 valence electrons. The van der Waals surface area contributed by atoms with Gasteiger partial charge < -0.3 is 10.1 Å². The van der Waals surface area contributed by atoms with Gasteiger partial charge in [0.25, 0.3) is 0 Å². The smallest absolute Gasteiger partial charge is 0.330 e. The Kier molecular flexibility index (Phi) is 3.16. The van der Waals surface area contributed by atoms with Crippen LogP contribution in [0, 0.1) is 0 Å². The molecule has 0 aromatic carbocycles. The maximum Gasteiger partial charge on any atom is 0.330 e. The van der Waals surface area contributed by atoms with Gasteiger partial charge in [-0.2, -0.15) is 0 Å². The van der Waals surface area contributed by atoms with Crippen molar-refractivity contribution in [1.82, 2.24) is 5.32 Å². The van der Waals surface area contributed by atoms with Gasteiger partial charge >= 0.3 is 5.97 Å². The quantitative estimate of drug-likeness (QED) is 0.391. The second-order valence-corrected chi connectivity index (χ2v) is 3.34. The Morgan fingerprint density at radius 2 is 2.50 bits per heavy atom. The number of carbonyl (C=O) groups excluding carboxylic acids is 2. The molecule has 0 aliphatic carbocycles. The number of nitrogens with one attached hydrogen (secondary N) is 1. The van der Waals surface area contributed by atoms with E-state index in [0.717, 1.165) is 0 Å². The standard InChI is InChI=1S/C7H9NO3S/c1-11-7(10)2-3-12-6-4-5(9)8-6/h2-3,6H,4H2,1H3,(H,8,9)/b3-2-. The number of esters is 1. The summed E-state index contributed by atoms with van der Waals surface area (Å²) in [4.78, 5) is 21.0. The number of β-lactam (4-membered cyclic amide) rings is 1. The second kappa shape index (κ2) is 4.15. The zero-order valence-electron chi connectivity index (χ0n) is 6.57. The molecule has 0 radical (unpaired) electrons. The van der Waals surface area contributed by atoms with Gasteiger partial charge in [0, 0.05) is 6.08 Å². The van der Waals surface area contributed by atoms with Gasteiger partial charge in [0.2, 0.25) is 5.91 Å². The van der Waals surface area contributed by atoms with Crippen molar-refractivity contribution >= 4 is 23.6 Å². The minimum Gasteiger partial charge on any atom is -0.466 e. The van der Waals surface area contributed by atoms with E-state index in [9.17, 15) is 9.59 Å². The lowest BCUT2D eigenvalue weighted by molar-refractivity contribution is -0.134. The lowest BCUT2D eigenvalue weighted by Gasteiger charge is -2.24. The Morgan fingerprint density at radius 1 is 1.83 bits per heavy atom. The molecule has 12 heavy (non-hydrogen) atoms. The Hall–Kier alpha value is -0.970. The lowest BCUT2D eigenvalue weighted by Crippen LogP contribution is -2.45. The van der Waals surface area contributed by atoms with Crippen LogP contribution in [0.25, 0.3) is 0 Å². The number of methoxy groups -OCH3 is 1. The molecule has 1 heterocycles. The summed E-state index contributed by atoms with van der Waals surface area (Å²) in [7, 11) is 1.32. The second-order valence-electron chi connectivity index (χ2n) is 2.22. The van der Waals surface area contributed by atoms with Gasteiger partial charge in [0.05, 0.1) is 18.9 Å². The number of carbonyl (C=O) groups is 2. The molecule has 0 aromatic heterocycles. The van der Waals surface area contributed by atoms with Gasteiger partial charge in [-0.1, -0.05) is 0 Å². The molecule has 0 aromatic rings. The van der Waals surface area contributed by atoms with Crippen LogP contribution in [0.15, 0.2) is 11.5 Å². The van der Waals surface area contributed by atoms with Crippen LogP contribution in [0.5, 0.6) is 0 Å². The van der Waals surface area contributed by atoms with Crippen molar-refractivity contribution in [3.8, 4) is 0 Å². The third-order valence-corrected chi connectivity index (χ3v) is 2.25. The van der Waals surface area contributed by atoms with Crippen molar-refractivity contribution in [3.63, 3.8) is 0 Å². The zero-order chi connectivity index (χ0) is 8.97. The van der Waals surface area contributed by atoms with Crippen LogP contribution in [-0.4, -0.2) is 24.4 Å². The van der Waals surface area contributed by atoms with Crippen molar-refractivity contribution < 1.29 is 14.3 Å². The summed E-state index contributed by atoms with van der Waals surface area (Å²) >= 11 is 1.40. The van der Waals surface area contributed by atoms with Crippen LogP contribution in [0.4, 0.5) is 0 Å². The molecular weight excluding hydrogens is 178 g/mol. The number of hydrogen-bond donors (Lipinski definition) is 1. The molecule has 0 bridgehead atoms. The highest BCUT2D eigenvalue weighted by Gasteiger charge is 2.24. The molecule has 1 atom stereocenters. The average molecular weight is 187 g/mol. The maximum absolute atomic E-state index is 10.6. The number of hydrogen-bond acceptors (Lipinski definition) is 4. The first-order valence-corrected chi connectivity index (χ1v) is 4.36. The van der Waals surface area contributed by atoms with Crippen LogP contribution < -0.4 is 5.32 Å². The van der Waals surface area contributed by atoms with Crippen LogP contribution in [-0.2, 0) is 14.3 Å².